The summed E-state index contributed by atoms with van der Waals surface area (Å²) in [5.41, 5.74) is 1.66. The molecule has 0 unspecified atom stereocenters. The number of hydrogen-bond acceptors (Lipinski definition) is 2. The molecular weight excluding hydrogens is 302 g/mol. The van der Waals surface area contributed by atoms with E-state index in [0.29, 0.717) is 16.3 Å². The summed E-state index contributed by atoms with van der Waals surface area (Å²) in [6.45, 7) is 0. The molecule has 6 heteroatoms. The van der Waals surface area contributed by atoms with Crippen LogP contribution in [0.1, 0.15) is 10.4 Å². The average Bonchev–Trinajstić information content (AvgIpc) is 2.42. The molecule has 0 bridgehead atoms. The zero-order valence-corrected chi connectivity index (χ0v) is 12.2. The van der Waals surface area contributed by atoms with Gasteiger partial charge in [-0.3, -0.25) is 4.79 Å². The Morgan fingerprint density at radius 1 is 1.10 bits per heavy atom. The minimum Gasteiger partial charge on any atom is -0.388 e. The first kappa shape index (κ1) is 16.3. The Morgan fingerprint density at radius 2 is 1.70 bits per heavy atom. The second-order valence-corrected chi connectivity index (χ2v) is 4.31. The van der Waals surface area contributed by atoms with Gasteiger partial charge >= 0.3 is 0 Å². The van der Waals surface area contributed by atoms with Crippen molar-refractivity contribution in [1.82, 2.24) is 0 Å². The summed E-state index contributed by atoms with van der Waals surface area (Å²) >= 11 is 5.99. The van der Waals surface area contributed by atoms with Crippen LogP contribution in [0.25, 0.3) is 0 Å². The van der Waals surface area contributed by atoms with Crippen LogP contribution in [0.2, 0.25) is 5.02 Å². The fraction of sp³-hybridized carbons (Fsp3) is 0.0714. The molecule has 0 heterocycles. The Balaban J connectivity index is 0.00000200. The molecular formula is C14H13Cl2FN2O. The molecule has 0 spiro atoms. The number of rotatable bonds is 3. The van der Waals surface area contributed by atoms with Gasteiger partial charge in [-0.2, -0.15) is 0 Å². The first-order chi connectivity index (χ1) is 9.10. The van der Waals surface area contributed by atoms with Crippen LogP contribution in [0.3, 0.4) is 0 Å². The maximum absolute atomic E-state index is 12.8. The Bertz CT molecular complexity index is 603. The lowest BCUT2D eigenvalue weighted by atomic mass is 10.1. The maximum atomic E-state index is 12.8. The van der Waals surface area contributed by atoms with Gasteiger partial charge in [0.1, 0.15) is 5.82 Å². The summed E-state index contributed by atoms with van der Waals surface area (Å²) < 4.78 is 12.8. The molecule has 0 aliphatic carbocycles. The maximum Gasteiger partial charge on any atom is 0.257 e. The van der Waals surface area contributed by atoms with E-state index >= 15 is 0 Å². The van der Waals surface area contributed by atoms with Gasteiger partial charge in [0.2, 0.25) is 0 Å². The summed E-state index contributed by atoms with van der Waals surface area (Å²) in [7, 11) is 1.75. The largest absolute Gasteiger partial charge is 0.388 e. The molecule has 2 aromatic rings. The SMILES string of the molecule is CNc1ccc(Cl)c(C(=O)Nc2ccc(F)cc2)c1.Cl. The van der Waals surface area contributed by atoms with E-state index in [0.717, 1.165) is 5.69 Å². The van der Waals surface area contributed by atoms with Gasteiger partial charge in [0.05, 0.1) is 10.6 Å². The van der Waals surface area contributed by atoms with Crippen LogP contribution in [-0.2, 0) is 0 Å². The van der Waals surface area contributed by atoms with E-state index in [1.807, 2.05) is 0 Å². The molecule has 2 rings (SSSR count). The topological polar surface area (TPSA) is 41.1 Å². The lowest BCUT2D eigenvalue weighted by molar-refractivity contribution is 0.102. The van der Waals surface area contributed by atoms with Gasteiger partial charge in [0.15, 0.2) is 0 Å². The predicted octanol–water partition coefficient (Wildman–Crippen LogP) is 4.19. The van der Waals surface area contributed by atoms with Crippen molar-refractivity contribution in [3.63, 3.8) is 0 Å². The molecule has 0 aliphatic rings. The molecule has 0 saturated carbocycles. The number of carbonyl (C=O) groups excluding carboxylic acids is 1. The zero-order chi connectivity index (χ0) is 13.8. The van der Waals surface area contributed by atoms with Crippen molar-refractivity contribution in [2.24, 2.45) is 0 Å². The molecule has 1 amide bonds. The zero-order valence-electron chi connectivity index (χ0n) is 10.6. The molecule has 3 nitrogen and oxygen atoms in total. The third-order valence-corrected chi connectivity index (χ3v) is 2.93. The quantitative estimate of drug-likeness (QED) is 0.891. The van der Waals surface area contributed by atoms with Crippen LogP contribution >= 0.6 is 24.0 Å². The molecule has 106 valence electrons. The van der Waals surface area contributed by atoms with Gasteiger partial charge in [0, 0.05) is 18.4 Å². The fourth-order valence-corrected chi connectivity index (χ4v) is 1.79. The summed E-state index contributed by atoms with van der Waals surface area (Å²) in [6, 6.07) is 10.6. The molecule has 20 heavy (non-hydrogen) atoms. The molecule has 2 N–H and O–H groups in total. The Labute approximate surface area is 127 Å². The van der Waals surface area contributed by atoms with Crippen molar-refractivity contribution in [3.05, 3.63) is 58.9 Å². The summed E-state index contributed by atoms with van der Waals surface area (Å²) in [5, 5.41) is 5.95. The van der Waals surface area contributed by atoms with E-state index < -0.39 is 0 Å². The van der Waals surface area contributed by atoms with Crippen LogP contribution in [0, 0.1) is 5.82 Å². The van der Waals surface area contributed by atoms with E-state index in [-0.39, 0.29) is 24.1 Å². The number of benzene rings is 2. The fourth-order valence-electron chi connectivity index (χ4n) is 1.59. The highest BCUT2D eigenvalue weighted by Crippen LogP contribution is 2.21. The van der Waals surface area contributed by atoms with Crippen LogP contribution in [0.5, 0.6) is 0 Å². The monoisotopic (exact) mass is 314 g/mol. The predicted molar refractivity (Wildman–Crippen MR) is 82.6 cm³/mol. The third kappa shape index (κ3) is 3.85. The summed E-state index contributed by atoms with van der Waals surface area (Å²) in [5.74, 6) is -0.693. The average molecular weight is 315 g/mol. The first-order valence-corrected chi connectivity index (χ1v) is 6.02. The van der Waals surface area contributed by atoms with Crippen molar-refractivity contribution in [1.29, 1.82) is 0 Å². The van der Waals surface area contributed by atoms with E-state index in [4.69, 9.17) is 11.6 Å². The Kier molecular flexibility index (Phi) is 5.80. The number of anilines is 2. The van der Waals surface area contributed by atoms with Crippen molar-refractivity contribution < 1.29 is 9.18 Å². The number of halogens is 3. The highest BCUT2D eigenvalue weighted by Gasteiger charge is 2.11. The van der Waals surface area contributed by atoms with Crippen LogP contribution < -0.4 is 10.6 Å². The lowest BCUT2D eigenvalue weighted by Gasteiger charge is -2.08. The van der Waals surface area contributed by atoms with Gasteiger partial charge in [-0.1, -0.05) is 11.6 Å². The molecule has 0 radical (unpaired) electrons. The number of nitrogens with one attached hydrogen (secondary N) is 2. The normalized spacial score (nSPS) is 9.55. The van der Waals surface area contributed by atoms with Crippen molar-refractivity contribution in [3.8, 4) is 0 Å². The van der Waals surface area contributed by atoms with Crippen molar-refractivity contribution in [2.75, 3.05) is 17.7 Å². The standard InChI is InChI=1S/C14H12ClFN2O.ClH/c1-17-11-6-7-13(15)12(8-11)14(19)18-10-4-2-9(16)3-5-10;/h2-8,17H,1H3,(H,18,19);1H. The van der Waals surface area contributed by atoms with Gasteiger partial charge < -0.3 is 10.6 Å². The van der Waals surface area contributed by atoms with Crippen LogP contribution in [0.4, 0.5) is 15.8 Å². The number of hydrogen-bond donors (Lipinski definition) is 2. The summed E-state index contributed by atoms with van der Waals surface area (Å²) in [6.07, 6.45) is 0. The second kappa shape index (κ2) is 7.12. The van der Waals surface area contributed by atoms with Crippen molar-refractivity contribution >= 4 is 41.3 Å². The summed E-state index contributed by atoms with van der Waals surface area (Å²) in [4.78, 5) is 12.1. The lowest BCUT2D eigenvalue weighted by Crippen LogP contribution is -2.12. The highest BCUT2D eigenvalue weighted by molar-refractivity contribution is 6.34. The Morgan fingerprint density at radius 3 is 2.30 bits per heavy atom. The molecule has 0 aliphatic heterocycles. The highest BCUT2D eigenvalue weighted by atomic mass is 35.5. The molecule has 2 aromatic carbocycles. The van der Waals surface area contributed by atoms with E-state index in [1.165, 1.54) is 24.3 Å². The third-order valence-electron chi connectivity index (χ3n) is 2.60. The van der Waals surface area contributed by atoms with E-state index in [1.54, 1.807) is 25.2 Å². The van der Waals surface area contributed by atoms with Crippen LogP contribution in [-0.4, -0.2) is 13.0 Å². The number of carbonyl (C=O) groups is 1. The minimum absolute atomic E-state index is 0. The van der Waals surface area contributed by atoms with Gasteiger partial charge in [-0.15, -0.1) is 12.4 Å². The smallest absolute Gasteiger partial charge is 0.257 e. The van der Waals surface area contributed by atoms with E-state index in [2.05, 4.69) is 10.6 Å². The van der Waals surface area contributed by atoms with Gasteiger partial charge in [-0.25, -0.2) is 4.39 Å². The van der Waals surface area contributed by atoms with Crippen molar-refractivity contribution in [2.45, 2.75) is 0 Å². The molecule has 0 saturated heterocycles. The Hall–Kier alpha value is -1.78. The van der Waals surface area contributed by atoms with Gasteiger partial charge in [-0.05, 0) is 42.5 Å². The van der Waals surface area contributed by atoms with Gasteiger partial charge in [0.25, 0.3) is 5.91 Å². The second-order valence-electron chi connectivity index (χ2n) is 3.91. The molecule has 0 fully saturated rings. The van der Waals surface area contributed by atoms with Crippen LogP contribution in [0.15, 0.2) is 42.5 Å². The molecule has 0 atom stereocenters. The van der Waals surface area contributed by atoms with E-state index in [9.17, 15) is 9.18 Å². The number of amides is 1. The molecule has 0 aromatic heterocycles. The minimum atomic E-state index is -0.354. The first-order valence-electron chi connectivity index (χ1n) is 5.64.